The lowest BCUT2D eigenvalue weighted by Gasteiger charge is -2.39. The summed E-state index contributed by atoms with van der Waals surface area (Å²) in [6.07, 6.45) is 0.507. The topological polar surface area (TPSA) is 38.8 Å². The number of hydrogen-bond donors (Lipinski definition) is 1. The third kappa shape index (κ3) is 6.21. The highest BCUT2D eigenvalue weighted by Gasteiger charge is 2.26. The molecule has 4 rings (SSSR count). The van der Waals surface area contributed by atoms with E-state index in [2.05, 4.69) is 75.8 Å². The molecule has 1 aliphatic rings. The van der Waals surface area contributed by atoms with Gasteiger partial charge in [0, 0.05) is 64.6 Å². The lowest BCUT2D eigenvalue weighted by molar-refractivity contribution is -0.116. The molecule has 0 unspecified atom stereocenters. The Bertz CT molecular complexity index is 975. The van der Waals surface area contributed by atoms with Gasteiger partial charge in [0.15, 0.2) is 0 Å². The number of anilines is 2. The van der Waals surface area contributed by atoms with E-state index in [1.165, 1.54) is 11.1 Å². The van der Waals surface area contributed by atoms with E-state index < -0.39 is 0 Å². The smallest absolute Gasteiger partial charge is 0.225 e. The van der Waals surface area contributed by atoms with Crippen molar-refractivity contribution in [2.45, 2.75) is 12.5 Å². The van der Waals surface area contributed by atoms with Crippen molar-refractivity contribution in [3.63, 3.8) is 0 Å². The van der Waals surface area contributed by atoms with Gasteiger partial charge < -0.3 is 15.1 Å². The number of nitrogens with one attached hydrogen (secondary N) is 1. The van der Waals surface area contributed by atoms with E-state index in [9.17, 15) is 4.79 Å². The molecule has 1 aliphatic heterocycles. The molecule has 1 fully saturated rings. The SMILES string of the molecule is CN(C)c1cccc(NC(=O)CCN2CCN(C(c3ccccc3)c3ccccc3)CC2)c1. The number of rotatable bonds is 8. The van der Waals surface area contributed by atoms with Gasteiger partial charge in [-0.25, -0.2) is 0 Å². The first-order valence-corrected chi connectivity index (χ1v) is 11.7. The molecule has 33 heavy (non-hydrogen) atoms. The molecule has 3 aromatic carbocycles. The highest BCUT2D eigenvalue weighted by Crippen LogP contribution is 2.29. The molecule has 3 aromatic rings. The van der Waals surface area contributed by atoms with Crippen molar-refractivity contribution in [2.24, 2.45) is 0 Å². The second-order valence-corrected chi connectivity index (χ2v) is 8.84. The summed E-state index contributed by atoms with van der Waals surface area (Å²) in [5, 5.41) is 3.04. The Morgan fingerprint density at radius 2 is 1.45 bits per heavy atom. The van der Waals surface area contributed by atoms with Gasteiger partial charge in [0.25, 0.3) is 0 Å². The molecule has 0 saturated carbocycles. The van der Waals surface area contributed by atoms with E-state index in [0.29, 0.717) is 6.42 Å². The molecule has 0 aromatic heterocycles. The second kappa shape index (κ2) is 11.1. The summed E-state index contributed by atoms with van der Waals surface area (Å²) in [7, 11) is 4.00. The molecule has 172 valence electrons. The van der Waals surface area contributed by atoms with Crippen LogP contribution in [0.2, 0.25) is 0 Å². The summed E-state index contributed by atoms with van der Waals surface area (Å²) in [6.45, 7) is 4.70. The number of piperazine rings is 1. The first kappa shape index (κ1) is 23.0. The maximum Gasteiger partial charge on any atom is 0.225 e. The number of amides is 1. The minimum atomic E-state index is 0.0692. The van der Waals surface area contributed by atoms with E-state index in [1.807, 2.05) is 43.3 Å². The van der Waals surface area contributed by atoms with Crippen LogP contribution in [-0.2, 0) is 4.79 Å². The molecule has 1 N–H and O–H groups in total. The Morgan fingerprint density at radius 1 is 0.848 bits per heavy atom. The fourth-order valence-electron chi connectivity index (χ4n) is 4.47. The zero-order valence-corrected chi connectivity index (χ0v) is 19.7. The average Bonchev–Trinajstić information content (AvgIpc) is 2.85. The predicted octanol–water partition coefficient (Wildman–Crippen LogP) is 4.49. The monoisotopic (exact) mass is 442 g/mol. The van der Waals surface area contributed by atoms with Gasteiger partial charge in [0.2, 0.25) is 5.91 Å². The lowest BCUT2D eigenvalue weighted by atomic mass is 9.96. The molecule has 0 bridgehead atoms. The highest BCUT2D eigenvalue weighted by molar-refractivity contribution is 5.91. The Labute approximate surface area is 197 Å². The van der Waals surface area contributed by atoms with Gasteiger partial charge in [-0.2, -0.15) is 0 Å². The van der Waals surface area contributed by atoms with Crippen molar-refractivity contribution < 1.29 is 4.79 Å². The van der Waals surface area contributed by atoms with Gasteiger partial charge in [-0.05, 0) is 29.3 Å². The Hall–Kier alpha value is -3.15. The normalized spacial score (nSPS) is 14.9. The van der Waals surface area contributed by atoms with Gasteiger partial charge in [-0.1, -0.05) is 66.7 Å². The van der Waals surface area contributed by atoms with Crippen molar-refractivity contribution in [3.8, 4) is 0 Å². The summed E-state index contributed by atoms with van der Waals surface area (Å²) < 4.78 is 0. The van der Waals surface area contributed by atoms with Crippen molar-refractivity contribution in [1.29, 1.82) is 0 Å². The second-order valence-electron chi connectivity index (χ2n) is 8.84. The van der Waals surface area contributed by atoms with Crippen LogP contribution in [0.3, 0.4) is 0 Å². The maximum absolute atomic E-state index is 12.5. The molecule has 1 amide bonds. The molecule has 0 atom stereocenters. The fraction of sp³-hybridized carbons (Fsp3) is 0.321. The van der Waals surface area contributed by atoms with Crippen molar-refractivity contribution in [2.75, 3.05) is 57.0 Å². The summed E-state index contributed by atoms with van der Waals surface area (Å²) in [4.78, 5) is 19.5. The van der Waals surface area contributed by atoms with Crippen LogP contribution in [0.4, 0.5) is 11.4 Å². The van der Waals surface area contributed by atoms with Crippen LogP contribution in [0, 0.1) is 0 Å². The Balaban J connectivity index is 1.31. The molecule has 5 nitrogen and oxygen atoms in total. The molecule has 5 heteroatoms. The summed E-state index contributed by atoms with van der Waals surface area (Å²) >= 11 is 0. The summed E-state index contributed by atoms with van der Waals surface area (Å²) in [6, 6.07) is 29.7. The lowest BCUT2D eigenvalue weighted by Crippen LogP contribution is -2.48. The predicted molar refractivity (Wildman–Crippen MR) is 137 cm³/mol. The fourth-order valence-corrected chi connectivity index (χ4v) is 4.47. The third-order valence-electron chi connectivity index (χ3n) is 6.30. The zero-order valence-electron chi connectivity index (χ0n) is 19.7. The molecule has 0 radical (unpaired) electrons. The van der Waals surface area contributed by atoms with E-state index in [4.69, 9.17) is 0 Å². The number of nitrogens with zero attached hydrogens (tertiary/aromatic N) is 3. The van der Waals surface area contributed by atoms with Crippen LogP contribution in [0.25, 0.3) is 0 Å². The minimum absolute atomic E-state index is 0.0692. The molecule has 0 aliphatic carbocycles. The van der Waals surface area contributed by atoms with Gasteiger partial charge in [0.05, 0.1) is 6.04 Å². The number of carbonyl (C=O) groups excluding carboxylic acids is 1. The molecular weight excluding hydrogens is 408 g/mol. The quantitative estimate of drug-likeness (QED) is 0.558. The van der Waals surface area contributed by atoms with Gasteiger partial charge in [-0.3, -0.25) is 9.69 Å². The standard InChI is InChI=1S/C28H34N4O/c1-30(2)26-15-9-14-25(22-26)29-27(33)16-17-31-18-20-32(21-19-31)28(23-10-5-3-6-11-23)24-12-7-4-8-13-24/h3-15,22,28H,16-21H2,1-2H3,(H,29,33). The molecule has 1 heterocycles. The van der Waals surface area contributed by atoms with Crippen LogP contribution in [-0.4, -0.2) is 62.5 Å². The van der Waals surface area contributed by atoms with E-state index in [1.54, 1.807) is 0 Å². The maximum atomic E-state index is 12.5. The minimum Gasteiger partial charge on any atom is -0.378 e. The molecular formula is C28H34N4O. The molecule has 1 saturated heterocycles. The number of hydrogen-bond acceptors (Lipinski definition) is 4. The van der Waals surface area contributed by atoms with Gasteiger partial charge in [-0.15, -0.1) is 0 Å². The Kier molecular flexibility index (Phi) is 7.76. The average molecular weight is 443 g/mol. The summed E-state index contributed by atoms with van der Waals surface area (Å²) in [5.74, 6) is 0.0692. The van der Waals surface area contributed by atoms with Crippen molar-refractivity contribution in [3.05, 3.63) is 96.1 Å². The Morgan fingerprint density at radius 3 is 2.03 bits per heavy atom. The number of carbonyl (C=O) groups is 1. The zero-order chi connectivity index (χ0) is 23.0. The largest absolute Gasteiger partial charge is 0.378 e. The van der Waals surface area contributed by atoms with Gasteiger partial charge >= 0.3 is 0 Å². The van der Waals surface area contributed by atoms with Crippen LogP contribution in [0.5, 0.6) is 0 Å². The van der Waals surface area contributed by atoms with E-state index in [0.717, 1.165) is 44.1 Å². The summed E-state index contributed by atoms with van der Waals surface area (Å²) in [5.41, 5.74) is 4.59. The van der Waals surface area contributed by atoms with E-state index >= 15 is 0 Å². The third-order valence-corrected chi connectivity index (χ3v) is 6.30. The van der Waals surface area contributed by atoms with Crippen LogP contribution in [0.1, 0.15) is 23.6 Å². The van der Waals surface area contributed by atoms with Gasteiger partial charge in [0.1, 0.15) is 0 Å². The van der Waals surface area contributed by atoms with Crippen LogP contribution >= 0.6 is 0 Å². The van der Waals surface area contributed by atoms with Crippen molar-refractivity contribution in [1.82, 2.24) is 9.80 Å². The van der Waals surface area contributed by atoms with Crippen molar-refractivity contribution >= 4 is 17.3 Å². The highest BCUT2D eigenvalue weighted by atomic mass is 16.1. The first-order valence-electron chi connectivity index (χ1n) is 11.7. The van der Waals surface area contributed by atoms with E-state index in [-0.39, 0.29) is 11.9 Å². The van der Waals surface area contributed by atoms with Crippen LogP contribution < -0.4 is 10.2 Å². The van der Waals surface area contributed by atoms with Crippen LogP contribution in [0.15, 0.2) is 84.9 Å². The number of benzene rings is 3. The molecule has 0 spiro atoms. The first-order chi connectivity index (χ1) is 16.1.